The minimum absolute atomic E-state index is 0.219. The summed E-state index contributed by atoms with van der Waals surface area (Å²) in [5.41, 5.74) is 3.10. The predicted octanol–water partition coefficient (Wildman–Crippen LogP) is 2.61. The number of benzene rings is 1. The normalized spacial score (nSPS) is 10.4. The standard InChI is InChI=1S/C13H13FN2/c1-15-7-10-6-12(9-16-8-10)11-2-4-13(14)5-3-11/h2-6,8-9,15H,7H2,1H3. The maximum Gasteiger partial charge on any atom is 0.123 e. The Balaban J connectivity index is 2.32. The number of hydrogen-bond acceptors (Lipinski definition) is 2. The van der Waals surface area contributed by atoms with Crippen LogP contribution in [-0.4, -0.2) is 12.0 Å². The van der Waals surface area contributed by atoms with Gasteiger partial charge in [0.05, 0.1) is 0 Å². The maximum absolute atomic E-state index is 12.8. The second kappa shape index (κ2) is 4.86. The van der Waals surface area contributed by atoms with Crippen molar-refractivity contribution in [2.75, 3.05) is 7.05 Å². The van der Waals surface area contributed by atoms with Gasteiger partial charge < -0.3 is 5.32 Å². The van der Waals surface area contributed by atoms with Crippen molar-refractivity contribution in [3.05, 3.63) is 54.1 Å². The zero-order valence-corrected chi connectivity index (χ0v) is 9.07. The van der Waals surface area contributed by atoms with E-state index in [1.807, 2.05) is 13.2 Å². The van der Waals surface area contributed by atoms with Crippen molar-refractivity contribution in [2.24, 2.45) is 0 Å². The van der Waals surface area contributed by atoms with E-state index in [0.717, 1.165) is 23.2 Å². The first-order chi connectivity index (χ1) is 7.79. The molecule has 0 aliphatic rings. The monoisotopic (exact) mass is 216 g/mol. The van der Waals surface area contributed by atoms with Gasteiger partial charge in [-0.15, -0.1) is 0 Å². The first-order valence-corrected chi connectivity index (χ1v) is 5.14. The molecule has 0 spiro atoms. The lowest BCUT2D eigenvalue weighted by Crippen LogP contribution is -2.05. The van der Waals surface area contributed by atoms with E-state index in [-0.39, 0.29) is 5.82 Å². The molecule has 1 N–H and O–H groups in total. The van der Waals surface area contributed by atoms with Crippen LogP contribution in [0.5, 0.6) is 0 Å². The van der Waals surface area contributed by atoms with E-state index in [4.69, 9.17) is 0 Å². The highest BCUT2D eigenvalue weighted by atomic mass is 19.1. The van der Waals surface area contributed by atoms with Crippen molar-refractivity contribution >= 4 is 0 Å². The van der Waals surface area contributed by atoms with E-state index in [1.165, 1.54) is 12.1 Å². The smallest absolute Gasteiger partial charge is 0.123 e. The Bertz CT molecular complexity index is 466. The summed E-state index contributed by atoms with van der Waals surface area (Å²) in [6.45, 7) is 0.780. The van der Waals surface area contributed by atoms with Gasteiger partial charge in [0.2, 0.25) is 0 Å². The molecule has 82 valence electrons. The molecule has 0 aliphatic carbocycles. The van der Waals surface area contributed by atoms with E-state index in [2.05, 4.69) is 16.4 Å². The summed E-state index contributed by atoms with van der Waals surface area (Å²) in [6, 6.07) is 8.49. The molecular weight excluding hydrogens is 203 g/mol. The quantitative estimate of drug-likeness (QED) is 0.853. The largest absolute Gasteiger partial charge is 0.316 e. The van der Waals surface area contributed by atoms with Crippen LogP contribution in [-0.2, 0) is 6.54 Å². The molecule has 0 saturated carbocycles. The second-order valence-electron chi connectivity index (χ2n) is 3.62. The molecule has 1 aromatic heterocycles. The van der Waals surface area contributed by atoms with Crippen LogP contribution < -0.4 is 5.32 Å². The fourth-order valence-electron chi connectivity index (χ4n) is 1.59. The molecule has 2 aromatic rings. The van der Waals surface area contributed by atoms with Crippen LogP contribution in [0, 0.1) is 5.82 Å². The van der Waals surface area contributed by atoms with Crippen LogP contribution in [0.15, 0.2) is 42.7 Å². The Hall–Kier alpha value is -1.74. The molecule has 1 aromatic carbocycles. The third-order valence-electron chi connectivity index (χ3n) is 2.35. The average molecular weight is 216 g/mol. The van der Waals surface area contributed by atoms with Gasteiger partial charge in [-0.2, -0.15) is 0 Å². The molecular formula is C13H13FN2. The van der Waals surface area contributed by atoms with Crippen molar-refractivity contribution in [2.45, 2.75) is 6.54 Å². The highest BCUT2D eigenvalue weighted by Crippen LogP contribution is 2.19. The van der Waals surface area contributed by atoms with E-state index < -0.39 is 0 Å². The van der Waals surface area contributed by atoms with Gasteiger partial charge in [-0.05, 0) is 36.4 Å². The first-order valence-electron chi connectivity index (χ1n) is 5.14. The highest BCUT2D eigenvalue weighted by molar-refractivity contribution is 5.62. The van der Waals surface area contributed by atoms with Gasteiger partial charge in [0, 0.05) is 24.5 Å². The maximum atomic E-state index is 12.8. The molecule has 16 heavy (non-hydrogen) atoms. The Morgan fingerprint density at radius 1 is 1.12 bits per heavy atom. The minimum atomic E-state index is -0.219. The van der Waals surface area contributed by atoms with Crippen LogP contribution in [0.25, 0.3) is 11.1 Å². The third kappa shape index (κ3) is 2.44. The van der Waals surface area contributed by atoms with Crippen molar-refractivity contribution in [3.8, 4) is 11.1 Å². The number of aromatic nitrogens is 1. The van der Waals surface area contributed by atoms with E-state index >= 15 is 0 Å². The van der Waals surface area contributed by atoms with Gasteiger partial charge in [-0.3, -0.25) is 4.98 Å². The van der Waals surface area contributed by atoms with Gasteiger partial charge >= 0.3 is 0 Å². The molecule has 0 saturated heterocycles. The summed E-state index contributed by atoms with van der Waals surface area (Å²) in [6.07, 6.45) is 3.61. The number of pyridine rings is 1. The molecule has 0 unspecified atom stereocenters. The molecule has 1 heterocycles. The molecule has 0 fully saturated rings. The Labute approximate surface area is 94.2 Å². The van der Waals surface area contributed by atoms with Gasteiger partial charge in [0.15, 0.2) is 0 Å². The Morgan fingerprint density at radius 2 is 1.88 bits per heavy atom. The molecule has 0 aliphatic heterocycles. The zero-order valence-electron chi connectivity index (χ0n) is 9.07. The van der Waals surface area contributed by atoms with Crippen molar-refractivity contribution in [3.63, 3.8) is 0 Å². The minimum Gasteiger partial charge on any atom is -0.316 e. The fourth-order valence-corrected chi connectivity index (χ4v) is 1.59. The van der Waals surface area contributed by atoms with E-state index in [1.54, 1.807) is 18.3 Å². The lowest BCUT2D eigenvalue weighted by atomic mass is 10.1. The van der Waals surface area contributed by atoms with Crippen LogP contribution in [0.2, 0.25) is 0 Å². The molecule has 2 nitrogen and oxygen atoms in total. The first kappa shape index (κ1) is 10.8. The topological polar surface area (TPSA) is 24.9 Å². The molecule has 0 bridgehead atoms. The van der Waals surface area contributed by atoms with Crippen molar-refractivity contribution in [1.29, 1.82) is 0 Å². The van der Waals surface area contributed by atoms with Crippen LogP contribution >= 0.6 is 0 Å². The summed E-state index contributed by atoms with van der Waals surface area (Å²) in [5.74, 6) is -0.219. The van der Waals surface area contributed by atoms with Crippen LogP contribution in [0.3, 0.4) is 0 Å². The van der Waals surface area contributed by atoms with Crippen molar-refractivity contribution < 1.29 is 4.39 Å². The van der Waals surface area contributed by atoms with Gasteiger partial charge in [0.25, 0.3) is 0 Å². The molecule has 0 radical (unpaired) electrons. The number of hydrogen-bond donors (Lipinski definition) is 1. The number of nitrogens with zero attached hydrogens (tertiary/aromatic N) is 1. The van der Waals surface area contributed by atoms with Crippen LogP contribution in [0.1, 0.15) is 5.56 Å². The van der Waals surface area contributed by atoms with E-state index in [0.29, 0.717) is 0 Å². The number of rotatable bonds is 3. The molecule has 2 rings (SSSR count). The lowest BCUT2D eigenvalue weighted by Gasteiger charge is -2.04. The summed E-state index contributed by atoms with van der Waals surface area (Å²) >= 11 is 0. The van der Waals surface area contributed by atoms with Gasteiger partial charge in [-0.25, -0.2) is 4.39 Å². The zero-order chi connectivity index (χ0) is 11.4. The van der Waals surface area contributed by atoms with Crippen LogP contribution in [0.4, 0.5) is 4.39 Å². The van der Waals surface area contributed by atoms with Gasteiger partial charge in [0.1, 0.15) is 5.82 Å². The summed E-state index contributed by atoms with van der Waals surface area (Å²) in [4.78, 5) is 4.17. The van der Waals surface area contributed by atoms with Gasteiger partial charge in [-0.1, -0.05) is 12.1 Å². The fraction of sp³-hybridized carbons (Fsp3) is 0.154. The summed E-state index contributed by atoms with van der Waals surface area (Å²) in [5, 5.41) is 3.07. The molecule has 3 heteroatoms. The number of halogens is 1. The highest BCUT2D eigenvalue weighted by Gasteiger charge is 2.00. The number of nitrogens with one attached hydrogen (secondary N) is 1. The Morgan fingerprint density at radius 3 is 2.56 bits per heavy atom. The average Bonchev–Trinajstić information content (AvgIpc) is 2.31. The second-order valence-corrected chi connectivity index (χ2v) is 3.62. The van der Waals surface area contributed by atoms with E-state index in [9.17, 15) is 4.39 Å². The molecule has 0 amide bonds. The lowest BCUT2D eigenvalue weighted by molar-refractivity contribution is 0.628. The summed E-state index contributed by atoms with van der Waals surface area (Å²) < 4.78 is 12.8. The SMILES string of the molecule is CNCc1cncc(-c2ccc(F)cc2)c1. The summed E-state index contributed by atoms with van der Waals surface area (Å²) in [7, 11) is 1.89. The predicted molar refractivity (Wildman–Crippen MR) is 62.4 cm³/mol. The molecule has 0 atom stereocenters. The Kier molecular flexibility index (Phi) is 3.27. The third-order valence-corrected chi connectivity index (χ3v) is 2.35. The van der Waals surface area contributed by atoms with Crippen molar-refractivity contribution in [1.82, 2.24) is 10.3 Å².